The number of alkyl carbamates (subject to hydrolysis) is 1. The summed E-state index contributed by atoms with van der Waals surface area (Å²) in [4.78, 5) is 38.1. The summed E-state index contributed by atoms with van der Waals surface area (Å²) in [5.74, 6) is -1.84. The molecule has 1 aromatic heterocycles. The van der Waals surface area contributed by atoms with E-state index in [2.05, 4.69) is 20.7 Å². The van der Waals surface area contributed by atoms with Gasteiger partial charge in [0.1, 0.15) is 19.2 Å². The fraction of sp³-hybridized carbons (Fsp3) is 0.167. The second-order valence-electron chi connectivity index (χ2n) is 7.50. The zero-order chi connectivity index (χ0) is 24.6. The molecule has 4 aromatic rings. The van der Waals surface area contributed by atoms with Gasteiger partial charge in [-0.2, -0.15) is 4.80 Å². The average molecular weight is 492 g/mol. The van der Waals surface area contributed by atoms with Crippen molar-refractivity contribution in [2.24, 2.45) is 0 Å². The number of nitrogens with zero attached hydrogens (tertiary/aromatic N) is 4. The molecule has 2 N–H and O–H groups in total. The molecule has 178 valence electrons. The number of carboxylic acid groups (broad SMARTS) is 1. The van der Waals surface area contributed by atoms with Gasteiger partial charge in [-0.05, 0) is 39.4 Å². The van der Waals surface area contributed by atoms with Crippen molar-refractivity contribution in [1.29, 1.82) is 0 Å². The van der Waals surface area contributed by atoms with Crippen molar-refractivity contribution in [3.63, 3.8) is 0 Å². The lowest BCUT2D eigenvalue weighted by Gasteiger charge is -2.15. The van der Waals surface area contributed by atoms with Crippen molar-refractivity contribution < 1.29 is 24.2 Å². The fourth-order valence-corrected chi connectivity index (χ4v) is 4.15. The van der Waals surface area contributed by atoms with E-state index in [1.165, 1.54) is 11.8 Å². The van der Waals surface area contributed by atoms with Gasteiger partial charge < -0.3 is 15.2 Å². The molecular formula is C24H21N5O5S. The number of ketones is 1. The molecule has 0 saturated heterocycles. The van der Waals surface area contributed by atoms with Crippen molar-refractivity contribution >= 4 is 40.4 Å². The Morgan fingerprint density at radius 3 is 2.54 bits per heavy atom. The minimum atomic E-state index is -1.31. The van der Waals surface area contributed by atoms with Gasteiger partial charge in [0.05, 0.1) is 6.42 Å². The van der Waals surface area contributed by atoms with E-state index >= 15 is 0 Å². The predicted molar refractivity (Wildman–Crippen MR) is 127 cm³/mol. The maximum atomic E-state index is 12.7. The lowest BCUT2D eigenvalue weighted by atomic mass is 10.1. The number of hydrogen-bond acceptors (Lipinski definition) is 8. The molecule has 4 rings (SSSR count). The Labute approximate surface area is 204 Å². The average Bonchev–Trinajstić information content (AvgIpc) is 3.29. The highest BCUT2D eigenvalue weighted by Crippen LogP contribution is 2.31. The molecule has 35 heavy (non-hydrogen) atoms. The molecule has 0 spiro atoms. The first-order chi connectivity index (χ1) is 17.0. The maximum Gasteiger partial charge on any atom is 0.408 e. The van der Waals surface area contributed by atoms with Gasteiger partial charge in [0.25, 0.3) is 0 Å². The number of amides is 1. The summed E-state index contributed by atoms with van der Waals surface area (Å²) < 4.78 is 5.10. The van der Waals surface area contributed by atoms with E-state index in [9.17, 15) is 19.5 Å². The Kier molecular flexibility index (Phi) is 7.68. The molecule has 1 heterocycles. The van der Waals surface area contributed by atoms with Crippen LogP contribution < -0.4 is 5.32 Å². The third kappa shape index (κ3) is 6.64. The summed E-state index contributed by atoms with van der Waals surface area (Å²) in [5, 5.41) is 26.0. The van der Waals surface area contributed by atoms with E-state index in [0.717, 1.165) is 26.0 Å². The van der Waals surface area contributed by atoms with Gasteiger partial charge in [0.2, 0.25) is 5.16 Å². The van der Waals surface area contributed by atoms with E-state index in [4.69, 9.17) is 4.74 Å². The van der Waals surface area contributed by atoms with Gasteiger partial charge >= 0.3 is 12.1 Å². The predicted octanol–water partition coefficient (Wildman–Crippen LogP) is 3.32. The highest BCUT2D eigenvalue weighted by Gasteiger charge is 2.25. The Morgan fingerprint density at radius 1 is 1.00 bits per heavy atom. The van der Waals surface area contributed by atoms with Gasteiger partial charge in [0, 0.05) is 4.90 Å². The molecule has 3 aromatic carbocycles. The smallest absolute Gasteiger partial charge is 0.408 e. The topological polar surface area (TPSA) is 136 Å². The Morgan fingerprint density at radius 2 is 1.74 bits per heavy atom. The number of benzene rings is 3. The van der Waals surface area contributed by atoms with Gasteiger partial charge in [-0.25, -0.2) is 4.79 Å². The van der Waals surface area contributed by atoms with Gasteiger partial charge in [-0.15, -0.1) is 10.2 Å². The highest BCUT2D eigenvalue weighted by atomic mass is 32.2. The number of ether oxygens (including phenoxy) is 1. The van der Waals surface area contributed by atoms with Crippen LogP contribution in [0, 0.1) is 0 Å². The fourth-order valence-electron chi connectivity index (χ4n) is 3.30. The number of aromatic nitrogens is 4. The molecule has 1 amide bonds. The van der Waals surface area contributed by atoms with Crippen LogP contribution in [-0.4, -0.2) is 49.2 Å². The summed E-state index contributed by atoms with van der Waals surface area (Å²) in [6.07, 6.45) is -1.50. The molecule has 0 saturated carbocycles. The van der Waals surface area contributed by atoms with Crippen molar-refractivity contribution in [1.82, 2.24) is 25.5 Å². The highest BCUT2D eigenvalue weighted by molar-refractivity contribution is 7.99. The van der Waals surface area contributed by atoms with Crippen LogP contribution in [0.5, 0.6) is 0 Å². The number of Topliss-reactive ketones (excluding diaryl/α,β-unsaturated/α-hetero) is 1. The van der Waals surface area contributed by atoms with Crippen LogP contribution in [0.4, 0.5) is 4.79 Å². The van der Waals surface area contributed by atoms with Crippen LogP contribution in [0.3, 0.4) is 0 Å². The number of aliphatic carboxylic acids is 1. The number of carbonyl (C=O) groups excluding carboxylic acids is 2. The number of tetrazole rings is 1. The quantitative estimate of drug-likeness (QED) is 0.342. The third-order valence-corrected chi connectivity index (χ3v) is 5.88. The second kappa shape index (κ2) is 11.3. The molecule has 0 radical (unpaired) electrons. The molecule has 0 fully saturated rings. The molecule has 1 unspecified atom stereocenters. The lowest BCUT2D eigenvalue weighted by Crippen LogP contribution is -2.44. The van der Waals surface area contributed by atoms with E-state index in [1.54, 1.807) is 24.3 Å². The summed E-state index contributed by atoms with van der Waals surface area (Å²) in [6, 6.07) is 21.4. The molecule has 0 aliphatic rings. The molecule has 0 aliphatic carbocycles. The minimum absolute atomic E-state index is 0.0139. The number of carboxylic acids is 1. The van der Waals surface area contributed by atoms with Crippen LogP contribution in [0.1, 0.15) is 12.0 Å². The summed E-state index contributed by atoms with van der Waals surface area (Å²) in [5.41, 5.74) is 0.756. The lowest BCUT2D eigenvalue weighted by molar-refractivity contribution is -0.139. The van der Waals surface area contributed by atoms with Crippen molar-refractivity contribution in [2.45, 2.75) is 35.7 Å². The molecular weight excluding hydrogens is 470 g/mol. The monoisotopic (exact) mass is 491 g/mol. The molecule has 11 heteroatoms. The summed E-state index contributed by atoms with van der Waals surface area (Å²) >= 11 is 1.30. The normalized spacial score (nSPS) is 11.7. The second-order valence-corrected chi connectivity index (χ2v) is 8.51. The minimum Gasteiger partial charge on any atom is -0.481 e. The summed E-state index contributed by atoms with van der Waals surface area (Å²) in [6.45, 7) is -0.375. The molecule has 0 aliphatic heterocycles. The van der Waals surface area contributed by atoms with Crippen molar-refractivity contribution in [2.75, 3.05) is 0 Å². The molecule has 10 nitrogen and oxygen atoms in total. The maximum absolute atomic E-state index is 12.7. The first kappa shape index (κ1) is 23.9. The number of nitrogens with one attached hydrogen (secondary N) is 1. The van der Waals surface area contributed by atoms with E-state index in [0.29, 0.717) is 5.16 Å². The first-order valence-electron chi connectivity index (χ1n) is 10.6. The van der Waals surface area contributed by atoms with E-state index < -0.39 is 30.3 Å². The van der Waals surface area contributed by atoms with Crippen LogP contribution in [0.2, 0.25) is 0 Å². The Balaban J connectivity index is 1.38. The molecule has 1 atom stereocenters. The van der Waals surface area contributed by atoms with Crippen LogP contribution in [0.25, 0.3) is 10.8 Å². The third-order valence-electron chi connectivity index (χ3n) is 4.95. The first-order valence-corrected chi connectivity index (χ1v) is 11.4. The van der Waals surface area contributed by atoms with E-state index in [-0.39, 0.29) is 13.2 Å². The molecule has 0 bridgehead atoms. The number of rotatable bonds is 10. The van der Waals surface area contributed by atoms with Crippen molar-refractivity contribution in [3.8, 4) is 0 Å². The van der Waals surface area contributed by atoms with Gasteiger partial charge in [-0.3, -0.25) is 9.59 Å². The Bertz CT molecular complexity index is 1340. The largest absolute Gasteiger partial charge is 0.481 e. The van der Waals surface area contributed by atoms with Crippen molar-refractivity contribution in [3.05, 3.63) is 78.4 Å². The van der Waals surface area contributed by atoms with Crippen LogP contribution >= 0.6 is 11.8 Å². The zero-order valence-corrected chi connectivity index (χ0v) is 19.2. The number of carbonyl (C=O) groups is 3. The summed E-state index contributed by atoms with van der Waals surface area (Å²) in [7, 11) is 0. The van der Waals surface area contributed by atoms with Crippen LogP contribution in [0.15, 0.2) is 82.8 Å². The SMILES string of the molecule is O=C(O)CC(NC(=O)OCc1ccccc1)C(=O)Cn1nnc(Sc2cccc3ccccc23)n1. The zero-order valence-electron chi connectivity index (χ0n) is 18.4. The number of hydrogen-bond donors (Lipinski definition) is 2. The standard InChI is InChI=1S/C24H21N5O5S/c30-20(19(13-22(31)32)25-24(33)34-15-16-7-2-1-3-8-16)14-29-27-23(26-28-29)35-21-12-6-10-17-9-4-5-11-18(17)21/h1-12,19H,13-15H2,(H,25,33)(H,31,32). The Hall–Kier alpha value is -4.25. The van der Waals surface area contributed by atoms with Gasteiger partial charge in [0.15, 0.2) is 5.78 Å². The number of fused-ring (bicyclic) bond motifs is 1. The van der Waals surface area contributed by atoms with E-state index in [1.807, 2.05) is 48.5 Å². The van der Waals surface area contributed by atoms with Gasteiger partial charge in [-0.1, -0.05) is 66.7 Å². The van der Waals surface area contributed by atoms with Crippen LogP contribution in [-0.2, 0) is 27.5 Å².